The Bertz CT molecular complexity index is 326. The number of alkyl halides is 2. The fourth-order valence-electron chi connectivity index (χ4n) is 3.38. The number of hydrogen-bond acceptors (Lipinski definition) is 4. The number of likely N-dealkylation sites (tertiary alicyclic amines) is 1. The zero-order valence-corrected chi connectivity index (χ0v) is 16.2. The molecular weight excluding hydrogens is 310 g/mol. The molecule has 0 aromatic heterocycles. The Balaban J connectivity index is 0.00000185. The Morgan fingerprint density at radius 2 is 1.54 bits per heavy atom. The molecule has 2 aliphatic rings. The molecular formula is C18H40F2N4. The van der Waals surface area contributed by atoms with Crippen LogP contribution in [0.2, 0.25) is 0 Å². The molecule has 2 saturated heterocycles. The van der Waals surface area contributed by atoms with Gasteiger partial charge in [0.1, 0.15) is 0 Å². The first-order chi connectivity index (χ1) is 11.5. The zero-order valence-electron chi connectivity index (χ0n) is 16.2. The van der Waals surface area contributed by atoms with Crippen LogP contribution in [0.5, 0.6) is 0 Å². The quantitative estimate of drug-likeness (QED) is 0.762. The summed E-state index contributed by atoms with van der Waals surface area (Å²) in [6.45, 7) is 16.7. The third-order valence-electron chi connectivity index (χ3n) is 4.96. The topological polar surface area (TPSA) is 21.8 Å². The van der Waals surface area contributed by atoms with Gasteiger partial charge in [0.05, 0.1) is 12.6 Å². The molecule has 0 radical (unpaired) electrons. The Kier molecular flexibility index (Phi) is 10.3. The molecule has 1 atom stereocenters. The van der Waals surface area contributed by atoms with Gasteiger partial charge in [-0.15, -0.1) is 0 Å². The maximum atomic E-state index is 14.2. The van der Waals surface area contributed by atoms with E-state index in [0.29, 0.717) is 13.0 Å². The van der Waals surface area contributed by atoms with Crippen molar-refractivity contribution in [2.45, 2.75) is 52.5 Å². The van der Waals surface area contributed by atoms with E-state index in [1.54, 1.807) is 0 Å². The standard InChI is InChI=1S/C16H32F2N4.C2H6.H2/c1-3-6-19-15-5-7-22(14-16(15,17)18)13-12-21-10-8-20(4-2)9-11-21;1-2;/h15,19H,3-14H2,1-2H3;1-2H3;1H. The molecule has 1 unspecified atom stereocenters. The first-order valence-electron chi connectivity index (χ1n) is 9.83. The van der Waals surface area contributed by atoms with Crippen LogP contribution >= 0.6 is 0 Å². The minimum Gasteiger partial charge on any atom is -0.309 e. The van der Waals surface area contributed by atoms with Gasteiger partial charge in [-0.3, -0.25) is 9.80 Å². The van der Waals surface area contributed by atoms with Gasteiger partial charge in [-0.2, -0.15) is 0 Å². The minimum atomic E-state index is -2.60. The predicted octanol–water partition coefficient (Wildman–Crippen LogP) is 2.61. The van der Waals surface area contributed by atoms with Crippen LogP contribution in [0.3, 0.4) is 0 Å². The number of rotatable bonds is 7. The van der Waals surface area contributed by atoms with E-state index in [4.69, 9.17) is 0 Å². The minimum absolute atomic E-state index is 0. The van der Waals surface area contributed by atoms with Crippen molar-refractivity contribution < 1.29 is 10.2 Å². The number of nitrogens with one attached hydrogen (secondary N) is 1. The summed E-state index contributed by atoms with van der Waals surface area (Å²) in [6, 6.07) is -0.642. The second-order valence-corrected chi connectivity index (χ2v) is 6.61. The molecule has 0 amide bonds. The summed E-state index contributed by atoms with van der Waals surface area (Å²) in [5.41, 5.74) is 0. The summed E-state index contributed by atoms with van der Waals surface area (Å²) < 4.78 is 28.4. The highest BCUT2D eigenvalue weighted by atomic mass is 19.3. The van der Waals surface area contributed by atoms with Crippen molar-refractivity contribution in [1.29, 1.82) is 0 Å². The van der Waals surface area contributed by atoms with E-state index < -0.39 is 12.0 Å². The van der Waals surface area contributed by atoms with Crippen molar-refractivity contribution in [2.24, 2.45) is 0 Å². The largest absolute Gasteiger partial charge is 0.309 e. The first kappa shape index (κ1) is 21.7. The molecule has 6 heteroatoms. The molecule has 2 fully saturated rings. The number of hydrogen-bond donors (Lipinski definition) is 1. The van der Waals surface area contributed by atoms with Gasteiger partial charge in [0.25, 0.3) is 5.92 Å². The highest BCUT2D eigenvalue weighted by Crippen LogP contribution is 2.27. The summed E-state index contributed by atoms with van der Waals surface area (Å²) in [4.78, 5) is 6.79. The normalized spacial score (nSPS) is 26.0. The van der Waals surface area contributed by atoms with Crippen molar-refractivity contribution in [2.75, 3.05) is 65.4 Å². The fraction of sp³-hybridized carbons (Fsp3) is 1.00. The molecule has 0 spiro atoms. The molecule has 146 valence electrons. The second-order valence-electron chi connectivity index (χ2n) is 6.61. The Labute approximate surface area is 149 Å². The van der Waals surface area contributed by atoms with Gasteiger partial charge in [0.2, 0.25) is 0 Å². The van der Waals surface area contributed by atoms with Gasteiger partial charge in [-0.25, -0.2) is 8.78 Å². The summed E-state index contributed by atoms with van der Waals surface area (Å²) in [5, 5.41) is 3.01. The van der Waals surface area contributed by atoms with E-state index >= 15 is 0 Å². The van der Waals surface area contributed by atoms with Crippen LogP contribution in [0, 0.1) is 0 Å². The van der Waals surface area contributed by atoms with Crippen LogP contribution in [0.25, 0.3) is 0 Å². The Morgan fingerprint density at radius 1 is 0.958 bits per heavy atom. The molecule has 0 aromatic carbocycles. The first-order valence-corrected chi connectivity index (χ1v) is 9.83. The molecule has 1 N–H and O–H groups in total. The SMILES string of the molecule is CC.CCCNC1CCN(CCN2CCN(CC)CC2)CC1(F)F.[HH]. The second kappa shape index (κ2) is 11.3. The van der Waals surface area contributed by atoms with Crippen molar-refractivity contribution in [1.82, 2.24) is 20.0 Å². The van der Waals surface area contributed by atoms with Gasteiger partial charge >= 0.3 is 0 Å². The smallest absolute Gasteiger partial charge is 0.275 e. The molecule has 2 rings (SSSR count). The lowest BCUT2D eigenvalue weighted by Gasteiger charge is -2.40. The summed E-state index contributed by atoms with van der Waals surface area (Å²) in [5.74, 6) is -2.60. The average molecular weight is 351 g/mol. The predicted molar refractivity (Wildman–Crippen MR) is 100 cm³/mol. The average Bonchev–Trinajstić information content (AvgIpc) is 2.60. The van der Waals surface area contributed by atoms with E-state index in [1.807, 2.05) is 25.7 Å². The molecule has 0 saturated carbocycles. The van der Waals surface area contributed by atoms with Gasteiger partial charge in [0.15, 0.2) is 0 Å². The van der Waals surface area contributed by atoms with Crippen molar-refractivity contribution in [3.63, 3.8) is 0 Å². The zero-order chi connectivity index (χ0) is 18.0. The lowest BCUT2D eigenvalue weighted by atomic mass is 10.0. The molecule has 0 aliphatic carbocycles. The summed E-state index contributed by atoms with van der Waals surface area (Å²) in [6.07, 6.45) is 1.46. The van der Waals surface area contributed by atoms with Crippen LogP contribution in [-0.4, -0.2) is 92.1 Å². The van der Waals surface area contributed by atoms with Crippen LogP contribution in [0.1, 0.15) is 42.0 Å². The third-order valence-corrected chi connectivity index (χ3v) is 4.96. The summed E-state index contributed by atoms with van der Waals surface area (Å²) >= 11 is 0. The lowest BCUT2D eigenvalue weighted by molar-refractivity contribution is -0.0912. The fourth-order valence-corrected chi connectivity index (χ4v) is 3.38. The highest BCUT2D eigenvalue weighted by Gasteiger charge is 2.43. The van der Waals surface area contributed by atoms with Gasteiger partial charge in [-0.1, -0.05) is 27.7 Å². The molecule has 0 bridgehead atoms. The molecule has 4 nitrogen and oxygen atoms in total. The van der Waals surface area contributed by atoms with E-state index in [1.165, 1.54) is 0 Å². The molecule has 0 aromatic rings. The molecule has 2 aliphatic heterocycles. The van der Waals surface area contributed by atoms with Crippen molar-refractivity contribution in [3.05, 3.63) is 0 Å². The number of piperazine rings is 1. The monoisotopic (exact) mass is 350 g/mol. The van der Waals surface area contributed by atoms with Gasteiger partial charge in [-0.05, 0) is 25.9 Å². The van der Waals surface area contributed by atoms with E-state index in [9.17, 15) is 8.78 Å². The third kappa shape index (κ3) is 6.90. The van der Waals surface area contributed by atoms with Gasteiger partial charge in [0, 0.05) is 47.2 Å². The number of halogens is 2. The van der Waals surface area contributed by atoms with Crippen LogP contribution in [0.15, 0.2) is 0 Å². The van der Waals surface area contributed by atoms with Crippen molar-refractivity contribution >= 4 is 0 Å². The number of nitrogens with zero attached hydrogens (tertiary/aromatic N) is 3. The lowest BCUT2D eigenvalue weighted by Crippen LogP contribution is -2.58. The van der Waals surface area contributed by atoms with Crippen molar-refractivity contribution in [3.8, 4) is 0 Å². The van der Waals surface area contributed by atoms with Crippen LogP contribution < -0.4 is 5.32 Å². The van der Waals surface area contributed by atoms with Crippen LogP contribution in [0.4, 0.5) is 8.78 Å². The van der Waals surface area contributed by atoms with Gasteiger partial charge < -0.3 is 10.2 Å². The summed E-state index contributed by atoms with van der Waals surface area (Å²) in [7, 11) is 0. The van der Waals surface area contributed by atoms with Crippen LogP contribution in [-0.2, 0) is 0 Å². The number of likely N-dealkylation sites (N-methyl/N-ethyl adjacent to an activating group) is 1. The number of piperidine rings is 1. The van der Waals surface area contributed by atoms with E-state index in [2.05, 4.69) is 22.0 Å². The van der Waals surface area contributed by atoms with E-state index in [0.717, 1.165) is 58.8 Å². The Hall–Kier alpha value is -0.300. The molecule has 2 heterocycles. The Morgan fingerprint density at radius 3 is 2.08 bits per heavy atom. The maximum absolute atomic E-state index is 14.2. The molecule has 24 heavy (non-hydrogen) atoms. The van der Waals surface area contributed by atoms with E-state index in [-0.39, 0.29) is 7.97 Å². The highest BCUT2D eigenvalue weighted by molar-refractivity contribution is 4.91. The maximum Gasteiger partial charge on any atom is 0.275 e.